The van der Waals surface area contributed by atoms with E-state index in [0.717, 1.165) is 12.8 Å². The van der Waals surface area contributed by atoms with E-state index in [1.807, 2.05) is 18.2 Å². The molecule has 0 saturated heterocycles. The molecule has 1 aliphatic carbocycles. The average molecular weight is 407 g/mol. The number of hydrogen-bond donors (Lipinski definition) is 1. The molecule has 152 valence electrons. The monoisotopic (exact) mass is 407 g/mol. The van der Waals surface area contributed by atoms with Gasteiger partial charge in [-0.3, -0.25) is 4.98 Å². The topological polar surface area (TPSA) is 99.6 Å². The van der Waals surface area contributed by atoms with Crippen LogP contribution in [0.2, 0.25) is 0 Å². The SMILES string of the molecule is COc1cncc(OC2CCC(NS(=O)(=O)CCOc3ccccc3)CC2)n1. The van der Waals surface area contributed by atoms with Crippen molar-refractivity contribution in [2.24, 2.45) is 0 Å². The third kappa shape index (κ3) is 6.35. The van der Waals surface area contributed by atoms with Crippen LogP contribution in [0.25, 0.3) is 0 Å². The zero-order valence-corrected chi connectivity index (χ0v) is 16.6. The van der Waals surface area contributed by atoms with E-state index in [9.17, 15) is 8.42 Å². The molecule has 0 spiro atoms. The Hall–Kier alpha value is -2.39. The minimum atomic E-state index is -3.39. The van der Waals surface area contributed by atoms with Crippen molar-refractivity contribution in [3.05, 3.63) is 42.7 Å². The summed E-state index contributed by atoms with van der Waals surface area (Å²) in [5, 5.41) is 0. The summed E-state index contributed by atoms with van der Waals surface area (Å²) in [4.78, 5) is 8.21. The number of aromatic nitrogens is 2. The Morgan fingerprint density at radius 2 is 1.79 bits per heavy atom. The maximum atomic E-state index is 12.3. The molecule has 8 nitrogen and oxygen atoms in total. The maximum absolute atomic E-state index is 12.3. The summed E-state index contributed by atoms with van der Waals surface area (Å²) >= 11 is 0. The molecule has 3 rings (SSSR count). The molecule has 9 heteroatoms. The smallest absolute Gasteiger partial charge is 0.235 e. The minimum absolute atomic E-state index is 0.0106. The van der Waals surface area contributed by atoms with Crippen LogP contribution in [0, 0.1) is 0 Å². The van der Waals surface area contributed by atoms with Gasteiger partial charge in [0.05, 0.1) is 25.3 Å². The predicted octanol–water partition coefficient (Wildman–Crippen LogP) is 2.17. The van der Waals surface area contributed by atoms with E-state index in [2.05, 4.69) is 14.7 Å². The first-order chi connectivity index (χ1) is 13.5. The lowest BCUT2D eigenvalue weighted by atomic mass is 9.94. The minimum Gasteiger partial charge on any atom is -0.492 e. The third-order valence-corrected chi connectivity index (χ3v) is 5.87. The van der Waals surface area contributed by atoms with Crippen LogP contribution in [-0.2, 0) is 10.0 Å². The Bertz CT molecular complexity index is 840. The number of ether oxygens (including phenoxy) is 3. The van der Waals surface area contributed by atoms with Gasteiger partial charge in [0.1, 0.15) is 18.5 Å². The molecule has 1 aliphatic rings. The summed E-state index contributed by atoms with van der Waals surface area (Å²) < 4.78 is 43.7. The normalized spacial score (nSPS) is 19.8. The molecule has 28 heavy (non-hydrogen) atoms. The molecule has 1 saturated carbocycles. The maximum Gasteiger partial charge on any atom is 0.235 e. The second-order valence-corrected chi connectivity index (χ2v) is 8.46. The van der Waals surface area contributed by atoms with Crippen LogP contribution >= 0.6 is 0 Å². The summed E-state index contributed by atoms with van der Waals surface area (Å²) in [6.45, 7) is 0.117. The fourth-order valence-corrected chi connectivity index (χ4v) is 4.22. The lowest BCUT2D eigenvalue weighted by Gasteiger charge is -2.29. The van der Waals surface area contributed by atoms with Crippen LogP contribution in [0.3, 0.4) is 0 Å². The Morgan fingerprint density at radius 3 is 2.50 bits per heavy atom. The van der Waals surface area contributed by atoms with Crippen molar-refractivity contribution >= 4 is 10.0 Å². The van der Waals surface area contributed by atoms with E-state index < -0.39 is 10.0 Å². The second kappa shape index (κ2) is 9.70. The fraction of sp³-hybridized carbons (Fsp3) is 0.474. The van der Waals surface area contributed by atoms with Gasteiger partial charge in [-0.05, 0) is 37.8 Å². The Balaban J connectivity index is 1.40. The molecule has 0 aliphatic heterocycles. The van der Waals surface area contributed by atoms with Crippen LogP contribution in [-0.4, -0.2) is 50.0 Å². The van der Waals surface area contributed by atoms with Crippen LogP contribution in [0.1, 0.15) is 25.7 Å². The van der Waals surface area contributed by atoms with E-state index in [4.69, 9.17) is 14.2 Å². The van der Waals surface area contributed by atoms with E-state index in [-0.39, 0.29) is 24.5 Å². The molecule has 1 heterocycles. The first-order valence-electron chi connectivity index (χ1n) is 9.24. The van der Waals surface area contributed by atoms with Crippen molar-refractivity contribution in [2.45, 2.75) is 37.8 Å². The highest BCUT2D eigenvalue weighted by atomic mass is 32.2. The zero-order valence-electron chi connectivity index (χ0n) is 15.8. The summed E-state index contributed by atoms with van der Waals surface area (Å²) in [5.74, 6) is 1.41. The van der Waals surface area contributed by atoms with Gasteiger partial charge in [0.25, 0.3) is 0 Å². The molecule has 0 bridgehead atoms. The molecule has 2 aromatic rings. The summed E-state index contributed by atoms with van der Waals surface area (Å²) in [6.07, 6.45) is 5.95. The third-order valence-electron chi connectivity index (χ3n) is 4.47. The zero-order chi connectivity index (χ0) is 19.8. The molecule has 1 aromatic heterocycles. The lowest BCUT2D eigenvalue weighted by molar-refractivity contribution is 0.136. The predicted molar refractivity (Wildman–Crippen MR) is 104 cm³/mol. The molecule has 0 atom stereocenters. The van der Waals surface area contributed by atoms with E-state index in [1.54, 1.807) is 18.3 Å². The van der Waals surface area contributed by atoms with Gasteiger partial charge >= 0.3 is 0 Å². The Kier molecular flexibility index (Phi) is 7.05. The van der Waals surface area contributed by atoms with Crippen molar-refractivity contribution in [2.75, 3.05) is 19.5 Å². The molecule has 0 amide bonds. The van der Waals surface area contributed by atoms with Gasteiger partial charge in [-0.15, -0.1) is 0 Å². The van der Waals surface area contributed by atoms with Gasteiger partial charge in [-0.25, -0.2) is 13.1 Å². The molecule has 0 radical (unpaired) electrons. The average Bonchev–Trinajstić information content (AvgIpc) is 2.70. The standard InChI is InChI=1S/C19H25N3O5S/c1-25-18-13-20-14-19(21-18)27-17-9-7-15(8-10-17)22-28(23,24)12-11-26-16-5-3-2-4-6-16/h2-6,13-15,17,22H,7-12H2,1H3. The number of nitrogens with zero attached hydrogens (tertiary/aromatic N) is 2. The molecular formula is C19H25N3O5S. The van der Waals surface area contributed by atoms with Gasteiger partial charge < -0.3 is 14.2 Å². The highest BCUT2D eigenvalue weighted by molar-refractivity contribution is 7.89. The first kappa shape index (κ1) is 20.3. The first-order valence-corrected chi connectivity index (χ1v) is 10.9. The highest BCUT2D eigenvalue weighted by Crippen LogP contribution is 2.24. The lowest BCUT2D eigenvalue weighted by Crippen LogP contribution is -2.41. The number of para-hydroxylation sites is 1. The van der Waals surface area contributed by atoms with Gasteiger partial charge in [-0.2, -0.15) is 4.98 Å². The number of rotatable bonds is 9. The molecule has 1 aromatic carbocycles. The van der Waals surface area contributed by atoms with E-state index in [0.29, 0.717) is 30.4 Å². The number of nitrogens with one attached hydrogen (secondary N) is 1. The quantitative estimate of drug-likeness (QED) is 0.680. The van der Waals surface area contributed by atoms with E-state index in [1.165, 1.54) is 13.3 Å². The van der Waals surface area contributed by atoms with Crippen molar-refractivity contribution in [3.63, 3.8) is 0 Å². The Morgan fingerprint density at radius 1 is 1.07 bits per heavy atom. The second-order valence-electron chi connectivity index (χ2n) is 6.59. The van der Waals surface area contributed by atoms with Gasteiger partial charge in [0, 0.05) is 6.04 Å². The van der Waals surface area contributed by atoms with Gasteiger partial charge in [0.15, 0.2) is 0 Å². The van der Waals surface area contributed by atoms with E-state index >= 15 is 0 Å². The van der Waals surface area contributed by atoms with Crippen molar-refractivity contribution < 1.29 is 22.6 Å². The molecule has 1 N–H and O–H groups in total. The number of benzene rings is 1. The summed E-state index contributed by atoms with van der Waals surface area (Å²) in [7, 11) is -1.87. The number of hydrogen-bond acceptors (Lipinski definition) is 7. The largest absolute Gasteiger partial charge is 0.492 e. The van der Waals surface area contributed by atoms with Crippen LogP contribution < -0.4 is 18.9 Å². The summed E-state index contributed by atoms with van der Waals surface area (Å²) in [6, 6.07) is 9.09. The van der Waals surface area contributed by atoms with Crippen molar-refractivity contribution in [1.29, 1.82) is 0 Å². The van der Waals surface area contributed by atoms with Crippen molar-refractivity contribution in [3.8, 4) is 17.5 Å². The van der Waals surface area contributed by atoms with Gasteiger partial charge in [0.2, 0.25) is 21.8 Å². The van der Waals surface area contributed by atoms with Crippen LogP contribution in [0.15, 0.2) is 42.7 Å². The molecule has 1 fully saturated rings. The Labute approximate surface area is 165 Å². The highest BCUT2D eigenvalue weighted by Gasteiger charge is 2.26. The van der Waals surface area contributed by atoms with Gasteiger partial charge in [-0.1, -0.05) is 18.2 Å². The molecular weight excluding hydrogens is 382 g/mol. The molecule has 0 unspecified atom stereocenters. The van der Waals surface area contributed by atoms with Crippen LogP contribution in [0.5, 0.6) is 17.5 Å². The number of methoxy groups -OCH3 is 1. The van der Waals surface area contributed by atoms with Crippen LogP contribution in [0.4, 0.5) is 0 Å². The van der Waals surface area contributed by atoms with Crippen molar-refractivity contribution in [1.82, 2.24) is 14.7 Å². The number of sulfonamides is 1. The fourth-order valence-electron chi connectivity index (χ4n) is 3.05. The summed E-state index contributed by atoms with van der Waals surface area (Å²) in [5.41, 5.74) is 0.